The van der Waals surface area contributed by atoms with Crippen LogP contribution in [0.4, 0.5) is 5.69 Å². The summed E-state index contributed by atoms with van der Waals surface area (Å²) in [6, 6.07) is 15.8. The molecule has 0 aliphatic rings. The molecule has 0 aliphatic carbocycles. The predicted octanol–water partition coefficient (Wildman–Crippen LogP) is 4.41. The molecule has 0 unspecified atom stereocenters. The van der Waals surface area contributed by atoms with E-state index in [2.05, 4.69) is 28.5 Å². The number of aromatic nitrogens is 4. The number of carbonyl (C=O) groups is 1. The van der Waals surface area contributed by atoms with Crippen LogP contribution in [0.3, 0.4) is 0 Å². The van der Waals surface area contributed by atoms with Crippen molar-refractivity contribution in [2.24, 2.45) is 0 Å². The van der Waals surface area contributed by atoms with Crippen LogP contribution in [0.2, 0.25) is 0 Å². The van der Waals surface area contributed by atoms with Gasteiger partial charge in [-0.15, -0.1) is 21.5 Å². The van der Waals surface area contributed by atoms with Gasteiger partial charge in [-0.2, -0.15) is 0 Å². The number of hydrogen-bond acceptors (Lipinski definition) is 5. The Kier molecular flexibility index (Phi) is 5.59. The van der Waals surface area contributed by atoms with E-state index in [1.54, 1.807) is 11.3 Å². The molecule has 0 radical (unpaired) electrons. The van der Waals surface area contributed by atoms with Gasteiger partial charge in [-0.05, 0) is 47.7 Å². The van der Waals surface area contributed by atoms with Crippen LogP contribution in [-0.2, 0) is 11.2 Å². The first kappa shape index (κ1) is 18.5. The summed E-state index contributed by atoms with van der Waals surface area (Å²) in [5, 5.41) is 14.3. The normalized spacial score (nSPS) is 10.9. The first-order valence-corrected chi connectivity index (χ1v) is 10.8. The van der Waals surface area contributed by atoms with Crippen LogP contribution >= 0.6 is 23.1 Å². The maximum absolute atomic E-state index is 12.4. The standard InChI is InChI=1S/C20H19N5OS2/c1-2-15-7-5-8-16(13-15)21-18(26)14-28-20-23-22-19(17-9-6-12-27-17)25(20)24-10-3-4-11-24/h3-13H,2,14H2,1H3,(H,21,26). The highest BCUT2D eigenvalue weighted by Gasteiger charge is 2.17. The summed E-state index contributed by atoms with van der Waals surface area (Å²) in [4.78, 5) is 13.4. The van der Waals surface area contributed by atoms with E-state index in [1.807, 2.05) is 69.6 Å². The maximum atomic E-state index is 12.4. The Labute approximate surface area is 171 Å². The van der Waals surface area contributed by atoms with Gasteiger partial charge in [-0.25, -0.2) is 4.68 Å². The molecule has 3 heterocycles. The minimum absolute atomic E-state index is 0.0713. The quantitative estimate of drug-likeness (QED) is 0.459. The SMILES string of the molecule is CCc1cccc(NC(=O)CSc2nnc(-c3cccs3)n2-n2cccc2)c1. The van der Waals surface area contributed by atoms with Crippen molar-refractivity contribution in [3.8, 4) is 10.7 Å². The number of nitrogens with zero attached hydrogens (tertiary/aromatic N) is 4. The average molecular weight is 410 g/mol. The van der Waals surface area contributed by atoms with Crippen molar-refractivity contribution in [1.29, 1.82) is 0 Å². The number of hydrogen-bond donors (Lipinski definition) is 1. The zero-order chi connectivity index (χ0) is 19.3. The molecule has 6 nitrogen and oxygen atoms in total. The largest absolute Gasteiger partial charge is 0.325 e. The Bertz CT molecular complexity index is 1050. The average Bonchev–Trinajstić information content (AvgIpc) is 3.47. The fourth-order valence-corrected chi connectivity index (χ4v) is 4.21. The third kappa shape index (κ3) is 4.02. The summed E-state index contributed by atoms with van der Waals surface area (Å²) >= 11 is 2.97. The summed E-state index contributed by atoms with van der Waals surface area (Å²) in [5.74, 6) is 0.933. The van der Waals surface area contributed by atoms with E-state index in [0.29, 0.717) is 5.16 Å². The van der Waals surface area contributed by atoms with Crippen molar-refractivity contribution in [3.05, 3.63) is 71.9 Å². The lowest BCUT2D eigenvalue weighted by molar-refractivity contribution is -0.113. The Morgan fingerprint density at radius 3 is 2.75 bits per heavy atom. The molecule has 4 aromatic rings. The van der Waals surface area contributed by atoms with Gasteiger partial charge in [0.1, 0.15) is 0 Å². The van der Waals surface area contributed by atoms with E-state index in [9.17, 15) is 4.79 Å². The first-order chi connectivity index (χ1) is 13.7. The maximum Gasteiger partial charge on any atom is 0.234 e. The highest BCUT2D eigenvalue weighted by atomic mass is 32.2. The van der Waals surface area contributed by atoms with E-state index >= 15 is 0 Å². The molecule has 1 N–H and O–H groups in total. The van der Waals surface area contributed by atoms with Gasteiger partial charge in [0.05, 0.1) is 10.6 Å². The lowest BCUT2D eigenvalue weighted by Gasteiger charge is -2.10. The molecule has 0 bridgehead atoms. The van der Waals surface area contributed by atoms with Gasteiger partial charge >= 0.3 is 0 Å². The second-order valence-electron chi connectivity index (χ2n) is 6.05. The molecule has 4 rings (SSSR count). The van der Waals surface area contributed by atoms with Crippen molar-refractivity contribution in [2.45, 2.75) is 18.5 Å². The van der Waals surface area contributed by atoms with Crippen LogP contribution in [0.15, 0.2) is 71.5 Å². The lowest BCUT2D eigenvalue weighted by Crippen LogP contribution is -2.16. The third-order valence-electron chi connectivity index (χ3n) is 4.12. The van der Waals surface area contributed by atoms with E-state index in [-0.39, 0.29) is 11.7 Å². The number of amides is 1. The second-order valence-corrected chi connectivity index (χ2v) is 7.94. The Balaban J connectivity index is 1.51. The number of rotatable bonds is 7. The number of nitrogens with one attached hydrogen (secondary N) is 1. The number of thioether (sulfide) groups is 1. The highest BCUT2D eigenvalue weighted by molar-refractivity contribution is 7.99. The van der Waals surface area contributed by atoms with Gasteiger partial charge in [0.15, 0.2) is 5.82 Å². The van der Waals surface area contributed by atoms with Crippen LogP contribution in [0, 0.1) is 0 Å². The molecule has 1 amide bonds. The molecule has 3 aromatic heterocycles. The molecule has 0 spiro atoms. The van der Waals surface area contributed by atoms with E-state index in [0.717, 1.165) is 22.8 Å². The zero-order valence-electron chi connectivity index (χ0n) is 15.3. The molecule has 28 heavy (non-hydrogen) atoms. The number of carbonyl (C=O) groups excluding carboxylic acids is 1. The van der Waals surface area contributed by atoms with Crippen LogP contribution < -0.4 is 5.32 Å². The fourth-order valence-electron chi connectivity index (χ4n) is 2.78. The summed E-state index contributed by atoms with van der Waals surface area (Å²) in [7, 11) is 0. The molecule has 142 valence electrons. The molecule has 0 saturated carbocycles. The lowest BCUT2D eigenvalue weighted by atomic mass is 10.1. The van der Waals surface area contributed by atoms with Crippen LogP contribution in [0.5, 0.6) is 0 Å². The minimum Gasteiger partial charge on any atom is -0.325 e. The summed E-state index contributed by atoms with van der Waals surface area (Å²) in [5.41, 5.74) is 2.01. The number of anilines is 1. The van der Waals surface area contributed by atoms with E-state index in [4.69, 9.17) is 0 Å². The monoisotopic (exact) mass is 409 g/mol. The van der Waals surface area contributed by atoms with Crippen molar-refractivity contribution in [1.82, 2.24) is 19.5 Å². The number of aryl methyl sites for hydroxylation is 1. The third-order valence-corrected chi connectivity index (χ3v) is 5.91. The molecule has 8 heteroatoms. The van der Waals surface area contributed by atoms with Crippen molar-refractivity contribution >= 4 is 34.7 Å². The molecule has 0 aliphatic heterocycles. The van der Waals surface area contributed by atoms with E-state index in [1.165, 1.54) is 17.3 Å². The second kappa shape index (κ2) is 8.45. The Hall–Kier alpha value is -2.84. The Morgan fingerprint density at radius 2 is 2.00 bits per heavy atom. The van der Waals surface area contributed by atoms with Gasteiger partial charge in [-0.3, -0.25) is 9.47 Å². The van der Waals surface area contributed by atoms with Crippen LogP contribution in [-0.4, -0.2) is 31.2 Å². The molecule has 0 fully saturated rings. The molecule has 0 saturated heterocycles. The smallest absolute Gasteiger partial charge is 0.234 e. The van der Waals surface area contributed by atoms with Crippen LogP contribution in [0.25, 0.3) is 10.7 Å². The van der Waals surface area contributed by atoms with Gasteiger partial charge in [0.25, 0.3) is 0 Å². The first-order valence-electron chi connectivity index (χ1n) is 8.89. The van der Waals surface area contributed by atoms with Crippen molar-refractivity contribution in [2.75, 3.05) is 11.1 Å². The number of benzene rings is 1. The molecule has 1 aromatic carbocycles. The highest BCUT2D eigenvalue weighted by Crippen LogP contribution is 2.27. The molecular weight excluding hydrogens is 390 g/mol. The fraction of sp³-hybridized carbons (Fsp3) is 0.150. The number of thiophene rings is 1. The minimum atomic E-state index is -0.0713. The molecular formula is C20H19N5OS2. The van der Waals surface area contributed by atoms with Gasteiger partial charge in [0, 0.05) is 18.1 Å². The predicted molar refractivity (Wildman–Crippen MR) is 114 cm³/mol. The summed E-state index contributed by atoms with van der Waals surface area (Å²) in [6.45, 7) is 2.09. The van der Waals surface area contributed by atoms with Crippen molar-refractivity contribution in [3.63, 3.8) is 0 Å². The van der Waals surface area contributed by atoms with E-state index < -0.39 is 0 Å². The van der Waals surface area contributed by atoms with Crippen LogP contribution in [0.1, 0.15) is 12.5 Å². The topological polar surface area (TPSA) is 64.7 Å². The Morgan fingerprint density at radius 1 is 1.14 bits per heavy atom. The van der Waals surface area contributed by atoms with Gasteiger partial charge in [-0.1, -0.05) is 36.9 Å². The zero-order valence-corrected chi connectivity index (χ0v) is 16.9. The summed E-state index contributed by atoms with van der Waals surface area (Å²) in [6.07, 6.45) is 4.80. The van der Waals surface area contributed by atoms with Gasteiger partial charge < -0.3 is 5.32 Å². The molecule has 0 atom stereocenters. The summed E-state index contributed by atoms with van der Waals surface area (Å²) < 4.78 is 3.83. The van der Waals surface area contributed by atoms with Crippen molar-refractivity contribution < 1.29 is 4.79 Å². The van der Waals surface area contributed by atoms with Gasteiger partial charge in [0.2, 0.25) is 11.1 Å².